The Balaban J connectivity index is 2.08. The van der Waals surface area contributed by atoms with Crippen LogP contribution in [0, 0.1) is 6.92 Å². The molecule has 0 spiro atoms. The van der Waals surface area contributed by atoms with Crippen molar-refractivity contribution in [3.05, 3.63) is 11.5 Å². The number of fused-ring (bicyclic) bond motifs is 1. The van der Waals surface area contributed by atoms with Crippen molar-refractivity contribution in [2.24, 2.45) is 7.05 Å². The van der Waals surface area contributed by atoms with Gasteiger partial charge in [-0.25, -0.2) is 4.98 Å². The highest BCUT2D eigenvalue weighted by Crippen LogP contribution is 2.40. The zero-order valence-electron chi connectivity index (χ0n) is 12.3. The van der Waals surface area contributed by atoms with Crippen LogP contribution in [0.1, 0.15) is 31.3 Å². The minimum atomic E-state index is 0.312. The summed E-state index contributed by atoms with van der Waals surface area (Å²) in [5.74, 6) is 2.98. The number of rotatable bonds is 4. The molecule has 1 fully saturated rings. The van der Waals surface area contributed by atoms with Gasteiger partial charge in [0.05, 0.1) is 5.69 Å². The van der Waals surface area contributed by atoms with Crippen LogP contribution in [0.25, 0.3) is 11.2 Å². The van der Waals surface area contributed by atoms with Crippen molar-refractivity contribution < 1.29 is 0 Å². The highest BCUT2D eigenvalue weighted by molar-refractivity contribution is 8.00. The summed E-state index contributed by atoms with van der Waals surface area (Å²) < 4.78 is 4.61. The Morgan fingerprint density at radius 1 is 1.45 bits per heavy atom. The summed E-state index contributed by atoms with van der Waals surface area (Å²) in [6.45, 7) is 5.39. The summed E-state index contributed by atoms with van der Waals surface area (Å²) in [5.41, 5.74) is 3.16. The Morgan fingerprint density at radius 3 is 2.90 bits per heavy atom. The summed E-state index contributed by atoms with van der Waals surface area (Å²) in [6, 6.07) is 0. The molecule has 0 bridgehead atoms. The largest absolute Gasteiger partial charge is 0.311 e. The second kappa shape index (κ2) is 5.26. The van der Waals surface area contributed by atoms with E-state index in [9.17, 15) is 0 Å². The van der Waals surface area contributed by atoms with Gasteiger partial charge < -0.3 is 4.57 Å². The lowest BCUT2D eigenvalue weighted by Crippen LogP contribution is -2.25. The van der Waals surface area contributed by atoms with Crippen LogP contribution < -0.4 is 0 Å². The number of alkyl halides is 1. The maximum atomic E-state index is 5.95. The molecule has 1 atom stereocenters. The van der Waals surface area contributed by atoms with Crippen LogP contribution in [0.2, 0.25) is 0 Å². The van der Waals surface area contributed by atoms with Gasteiger partial charge in [-0.05, 0) is 32.4 Å². The van der Waals surface area contributed by atoms with E-state index in [0.717, 1.165) is 35.6 Å². The molecule has 1 saturated heterocycles. The number of halogens is 1. The Bertz CT molecular complexity index is 625. The normalized spacial score (nSPS) is 23.0. The first-order valence-corrected chi connectivity index (χ1v) is 8.65. The molecular formula is C14H21ClN4S. The number of imidazole rings is 1. The first-order valence-electron chi connectivity index (χ1n) is 7.13. The van der Waals surface area contributed by atoms with Crippen LogP contribution in [0.4, 0.5) is 0 Å². The van der Waals surface area contributed by atoms with Crippen molar-refractivity contribution in [2.45, 2.75) is 44.4 Å². The quantitative estimate of drug-likeness (QED) is 0.814. The zero-order valence-corrected chi connectivity index (χ0v) is 13.9. The van der Waals surface area contributed by atoms with Crippen LogP contribution in [0.3, 0.4) is 0 Å². The van der Waals surface area contributed by atoms with Gasteiger partial charge in [0.1, 0.15) is 11.3 Å². The number of aromatic nitrogens is 4. The highest BCUT2D eigenvalue weighted by atomic mass is 35.5. The molecule has 1 aliphatic rings. The average Bonchev–Trinajstić information content (AvgIpc) is 3.02. The lowest BCUT2D eigenvalue weighted by atomic mass is 10.1. The molecule has 0 N–H and O–H groups in total. The van der Waals surface area contributed by atoms with E-state index in [4.69, 9.17) is 16.6 Å². The monoisotopic (exact) mass is 312 g/mol. The Morgan fingerprint density at radius 2 is 2.25 bits per heavy atom. The number of nitrogens with zero attached hydrogens (tertiary/aromatic N) is 4. The lowest BCUT2D eigenvalue weighted by molar-refractivity contribution is 0.500. The topological polar surface area (TPSA) is 35.6 Å². The van der Waals surface area contributed by atoms with Crippen molar-refractivity contribution >= 4 is 34.5 Å². The minimum Gasteiger partial charge on any atom is -0.311 e. The maximum absolute atomic E-state index is 5.95. The fraction of sp³-hybridized carbons (Fsp3) is 0.714. The van der Waals surface area contributed by atoms with Crippen molar-refractivity contribution in [3.63, 3.8) is 0 Å². The van der Waals surface area contributed by atoms with E-state index >= 15 is 0 Å². The van der Waals surface area contributed by atoms with Crippen LogP contribution in [0.5, 0.6) is 0 Å². The molecule has 0 saturated carbocycles. The second-order valence-corrected chi connectivity index (χ2v) is 7.90. The fourth-order valence-electron chi connectivity index (χ4n) is 3.12. The summed E-state index contributed by atoms with van der Waals surface area (Å²) in [5, 5.41) is 4.50. The molecule has 0 amide bonds. The third-order valence-corrected chi connectivity index (χ3v) is 5.79. The Labute approximate surface area is 128 Å². The summed E-state index contributed by atoms with van der Waals surface area (Å²) in [6.07, 6.45) is 3.40. The van der Waals surface area contributed by atoms with Crippen molar-refractivity contribution in [3.8, 4) is 0 Å². The molecule has 20 heavy (non-hydrogen) atoms. The number of thioether (sulfide) groups is 1. The first-order chi connectivity index (χ1) is 9.54. The molecule has 2 aromatic rings. The maximum Gasteiger partial charge on any atom is 0.158 e. The van der Waals surface area contributed by atoms with E-state index < -0.39 is 0 Å². The molecule has 1 aliphatic heterocycles. The van der Waals surface area contributed by atoms with E-state index in [1.54, 1.807) is 0 Å². The van der Waals surface area contributed by atoms with Gasteiger partial charge in [-0.3, -0.25) is 4.68 Å². The molecule has 3 heterocycles. The SMILES string of the molecule is Cc1nn(C)c2c1nc(CCCl)n2CC1(C)CCCS1. The third-order valence-electron chi connectivity index (χ3n) is 4.08. The van der Waals surface area contributed by atoms with Gasteiger partial charge in [0.25, 0.3) is 0 Å². The van der Waals surface area contributed by atoms with Crippen LogP contribution in [-0.4, -0.2) is 35.7 Å². The third kappa shape index (κ3) is 2.35. The van der Waals surface area contributed by atoms with E-state index in [0.29, 0.717) is 10.6 Å². The Hall–Kier alpha value is -0.680. The standard InChI is InChI=1S/C14H21ClN4S/c1-10-12-13(18(3)17-10)19(11(16-12)5-7-15)9-14(2)6-4-8-20-14/h4-9H2,1-3H3. The van der Waals surface area contributed by atoms with Crippen LogP contribution >= 0.6 is 23.4 Å². The van der Waals surface area contributed by atoms with Crippen molar-refractivity contribution in [1.82, 2.24) is 19.3 Å². The first kappa shape index (κ1) is 14.3. The number of hydrogen-bond acceptors (Lipinski definition) is 3. The Kier molecular flexibility index (Phi) is 3.75. The van der Waals surface area contributed by atoms with Crippen LogP contribution in [0.15, 0.2) is 0 Å². The average molecular weight is 313 g/mol. The molecule has 4 nitrogen and oxygen atoms in total. The molecule has 1 unspecified atom stereocenters. The minimum absolute atomic E-state index is 0.312. The number of hydrogen-bond donors (Lipinski definition) is 0. The number of aryl methyl sites for hydroxylation is 3. The summed E-state index contributed by atoms with van der Waals surface area (Å²) in [7, 11) is 2.00. The van der Waals surface area contributed by atoms with Crippen molar-refractivity contribution in [2.75, 3.05) is 11.6 Å². The second-order valence-electron chi connectivity index (χ2n) is 5.84. The molecule has 6 heteroatoms. The molecule has 3 rings (SSSR count). The fourth-order valence-corrected chi connectivity index (χ4v) is 4.58. The van der Waals surface area contributed by atoms with E-state index in [-0.39, 0.29) is 0 Å². The molecule has 110 valence electrons. The molecule has 0 radical (unpaired) electrons. The van der Waals surface area contributed by atoms with Gasteiger partial charge in [-0.1, -0.05) is 0 Å². The molecule has 0 aliphatic carbocycles. The van der Waals surface area contributed by atoms with Gasteiger partial charge in [0.2, 0.25) is 0 Å². The molecule has 2 aromatic heterocycles. The summed E-state index contributed by atoms with van der Waals surface area (Å²) >= 11 is 8.03. The smallest absolute Gasteiger partial charge is 0.158 e. The molecule has 0 aromatic carbocycles. The zero-order chi connectivity index (χ0) is 14.3. The van der Waals surface area contributed by atoms with Gasteiger partial charge in [0, 0.05) is 30.6 Å². The van der Waals surface area contributed by atoms with Gasteiger partial charge in [-0.15, -0.1) is 11.6 Å². The predicted octanol–water partition coefficient (Wildman–Crippen LogP) is 3.15. The van der Waals surface area contributed by atoms with E-state index in [1.165, 1.54) is 18.6 Å². The van der Waals surface area contributed by atoms with Crippen LogP contribution in [-0.2, 0) is 20.0 Å². The lowest BCUT2D eigenvalue weighted by Gasteiger charge is -2.24. The van der Waals surface area contributed by atoms with Gasteiger partial charge in [-0.2, -0.15) is 16.9 Å². The van der Waals surface area contributed by atoms with E-state index in [2.05, 4.69) is 28.4 Å². The molecular weight excluding hydrogens is 292 g/mol. The van der Waals surface area contributed by atoms with Crippen molar-refractivity contribution in [1.29, 1.82) is 0 Å². The highest BCUT2D eigenvalue weighted by Gasteiger charge is 2.32. The van der Waals surface area contributed by atoms with Gasteiger partial charge >= 0.3 is 0 Å². The predicted molar refractivity (Wildman–Crippen MR) is 85.8 cm³/mol. The van der Waals surface area contributed by atoms with E-state index in [1.807, 2.05) is 18.7 Å². The van der Waals surface area contributed by atoms with Gasteiger partial charge in [0.15, 0.2) is 5.65 Å². The summed E-state index contributed by atoms with van der Waals surface area (Å²) in [4.78, 5) is 4.78.